The lowest BCUT2D eigenvalue weighted by Gasteiger charge is -2.06. The third-order valence-electron chi connectivity index (χ3n) is 2.36. The number of alkyl halides is 3. The van der Waals surface area contributed by atoms with Crippen molar-refractivity contribution < 1.29 is 18.0 Å². The zero-order valence-corrected chi connectivity index (χ0v) is 8.41. The van der Waals surface area contributed by atoms with Gasteiger partial charge in [0.05, 0.1) is 23.1 Å². The van der Waals surface area contributed by atoms with Crippen LogP contribution in [-0.2, 0) is 17.5 Å². The average molecular weight is 244 g/mol. The normalized spacial score (nSPS) is 11.9. The summed E-state index contributed by atoms with van der Waals surface area (Å²) in [5.41, 5.74) is -1.11. The smallest absolute Gasteiger partial charge is 0.306 e. The Morgan fingerprint density at radius 2 is 2.06 bits per heavy atom. The molecule has 1 aromatic heterocycles. The molecule has 0 aliphatic carbocycles. The van der Waals surface area contributed by atoms with Crippen molar-refractivity contribution in [1.29, 1.82) is 0 Å². The van der Waals surface area contributed by atoms with E-state index in [0.717, 1.165) is 16.7 Å². The molecule has 1 heterocycles. The van der Waals surface area contributed by atoms with E-state index in [2.05, 4.69) is 4.98 Å². The Hall–Kier alpha value is -2.05. The summed E-state index contributed by atoms with van der Waals surface area (Å²) in [4.78, 5) is 24.0. The molecule has 2 rings (SSSR count). The summed E-state index contributed by atoms with van der Waals surface area (Å²) in [6, 6.07) is 2.88. The van der Waals surface area contributed by atoms with Crippen LogP contribution < -0.4 is 5.69 Å². The molecule has 17 heavy (non-hydrogen) atoms. The number of nitrogens with one attached hydrogen (secondary N) is 1. The second-order valence-corrected chi connectivity index (χ2v) is 3.44. The Kier molecular flexibility index (Phi) is 2.53. The number of H-pyrrole nitrogens is 1. The number of hydrogen-bond acceptors (Lipinski definition) is 2. The van der Waals surface area contributed by atoms with Gasteiger partial charge in [0, 0.05) is 0 Å². The van der Waals surface area contributed by atoms with Gasteiger partial charge in [0.15, 0.2) is 0 Å². The van der Waals surface area contributed by atoms with Crippen LogP contribution in [0.1, 0.15) is 5.56 Å². The first-order valence-corrected chi connectivity index (χ1v) is 4.67. The molecular formula is C10H7F3N2O2. The molecule has 0 atom stereocenters. The summed E-state index contributed by atoms with van der Waals surface area (Å²) in [6.45, 7) is -0.190. The maximum atomic E-state index is 12.4. The largest absolute Gasteiger partial charge is 0.416 e. The van der Waals surface area contributed by atoms with E-state index in [9.17, 15) is 22.8 Å². The Balaban J connectivity index is 2.66. The highest BCUT2D eigenvalue weighted by Crippen LogP contribution is 2.30. The fraction of sp³-hybridized carbons (Fsp3) is 0.200. The highest BCUT2D eigenvalue weighted by atomic mass is 19.4. The summed E-state index contributed by atoms with van der Waals surface area (Å²) >= 11 is 0. The third kappa shape index (κ3) is 1.95. The van der Waals surface area contributed by atoms with E-state index in [-0.39, 0.29) is 17.6 Å². The summed E-state index contributed by atoms with van der Waals surface area (Å²) in [5.74, 6) is 0. The molecule has 0 radical (unpaired) electrons. The van der Waals surface area contributed by atoms with E-state index < -0.39 is 17.4 Å². The molecule has 0 aliphatic rings. The predicted molar refractivity (Wildman–Crippen MR) is 53.6 cm³/mol. The van der Waals surface area contributed by atoms with Crippen molar-refractivity contribution in [3.05, 3.63) is 34.2 Å². The summed E-state index contributed by atoms with van der Waals surface area (Å²) < 4.78 is 38.3. The van der Waals surface area contributed by atoms with Crippen molar-refractivity contribution in [3.8, 4) is 0 Å². The second-order valence-electron chi connectivity index (χ2n) is 3.44. The number of nitrogens with zero attached hydrogens (tertiary/aromatic N) is 1. The van der Waals surface area contributed by atoms with Crippen LogP contribution in [0.4, 0.5) is 13.2 Å². The molecule has 0 saturated carbocycles. The first kappa shape index (κ1) is 11.4. The number of imidazole rings is 1. The lowest BCUT2D eigenvalue weighted by Crippen LogP contribution is -2.17. The van der Waals surface area contributed by atoms with Gasteiger partial charge in [-0.25, -0.2) is 4.79 Å². The number of benzene rings is 1. The summed E-state index contributed by atoms with van der Waals surface area (Å²) in [5, 5.41) is 0. The van der Waals surface area contributed by atoms with Gasteiger partial charge in [-0.15, -0.1) is 0 Å². The predicted octanol–water partition coefficient (Wildman–Crippen LogP) is 1.55. The Labute approximate surface area is 92.7 Å². The average Bonchev–Trinajstić information content (AvgIpc) is 2.54. The van der Waals surface area contributed by atoms with Crippen molar-refractivity contribution in [1.82, 2.24) is 9.55 Å². The molecule has 0 fully saturated rings. The van der Waals surface area contributed by atoms with Crippen LogP contribution in [0, 0.1) is 0 Å². The Morgan fingerprint density at radius 3 is 2.65 bits per heavy atom. The van der Waals surface area contributed by atoms with Crippen LogP contribution in [0.25, 0.3) is 11.0 Å². The van der Waals surface area contributed by atoms with Crippen molar-refractivity contribution in [2.45, 2.75) is 12.7 Å². The molecule has 4 nitrogen and oxygen atoms in total. The first-order valence-electron chi connectivity index (χ1n) is 4.67. The summed E-state index contributed by atoms with van der Waals surface area (Å²) in [6.07, 6.45) is -3.95. The van der Waals surface area contributed by atoms with E-state index in [4.69, 9.17) is 0 Å². The van der Waals surface area contributed by atoms with E-state index in [0.29, 0.717) is 6.29 Å². The maximum absolute atomic E-state index is 12.4. The molecule has 1 aromatic carbocycles. The highest BCUT2D eigenvalue weighted by molar-refractivity contribution is 5.77. The number of carbonyl (C=O) groups is 1. The summed E-state index contributed by atoms with van der Waals surface area (Å²) in [7, 11) is 0. The molecule has 0 spiro atoms. The van der Waals surface area contributed by atoms with Gasteiger partial charge in [-0.05, 0) is 18.2 Å². The quantitative estimate of drug-likeness (QED) is 0.815. The number of aldehydes is 1. The van der Waals surface area contributed by atoms with Gasteiger partial charge in [-0.1, -0.05) is 0 Å². The van der Waals surface area contributed by atoms with Crippen molar-refractivity contribution in [2.75, 3.05) is 0 Å². The van der Waals surface area contributed by atoms with Gasteiger partial charge in [0.25, 0.3) is 0 Å². The van der Waals surface area contributed by atoms with E-state index in [1.165, 1.54) is 6.07 Å². The van der Waals surface area contributed by atoms with E-state index in [1.807, 2.05) is 0 Å². The molecule has 0 bridgehead atoms. The van der Waals surface area contributed by atoms with Crippen molar-refractivity contribution >= 4 is 17.3 Å². The Bertz CT molecular complexity index is 624. The number of hydrogen-bond donors (Lipinski definition) is 1. The molecule has 0 unspecified atom stereocenters. The lowest BCUT2D eigenvalue weighted by molar-refractivity contribution is -0.137. The van der Waals surface area contributed by atoms with Gasteiger partial charge in [0.1, 0.15) is 6.29 Å². The zero-order chi connectivity index (χ0) is 12.6. The second kappa shape index (κ2) is 3.76. The van der Waals surface area contributed by atoms with Gasteiger partial charge >= 0.3 is 11.9 Å². The molecule has 0 aliphatic heterocycles. The first-order chi connectivity index (χ1) is 7.93. The maximum Gasteiger partial charge on any atom is 0.416 e. The fourth-order valence-electron chi connectivity index (χ4n) is 1.60. The number of halogens is 3. The van der Waals surface area contributed by atoms with Crippen molar-refractivity contribution in [2.24, 2.45) is 0 Å². The number of aromatic amines is 1. The number of fused-ring (bicyclic) bond motifs is 1. The molecule has 0 amide bonds. The monoisotopic (exact) mass is 244 g/mol. The van der Waals surface area contributed by atoms with Gasteiger partial charge in [-0.3, -0.25) is 4.57 Å². The van der Waals surface area contributed by atoms with Crippen LogP contribution in [0.15, 0.2) is 23.0 Å². The minimum atomic E-state index is -4.46. The zero-order valence-electron chi connectivity index (χ0n) is 8.41. The van der Waals surface area contributed by atoms with Crippen LogP contribution in [0.3, 0.4) is 0 Å². The fourth-order valence-corrected chi connectivity index (χ4v) is 1.60. The van der Waals surface area contributed by atoms with Gasteiger partial charge < -0.3 is 9.78 Å². The van der Waals surface area contributed by atoms with Gasteiger partial charge in [0.2, 0.25) is 0 Å². The SMILES string of the molecule is O=CCn1c(=O)[nH]c2cc(C(F)(F)F)ccc21. The minimum Gasteiger partial charge on any atom is -0.306 e. The number of aromatic nitrogens is 2. The number of carbonyl (C=O) groups excluding carboxylic acids is 1. The van der Waals surface area contributed by atoms with E-state index >= 15 is 0 Å². The highest BCUT2D eigenvalue weighted by Gasteiger charge is 2.30. The van der Waals surface area contributed by atoms with E-state index in [1.54, 1.807) is 0 Å². The molecule has 7 heteroatoms. The van der Waals surface area contributed by atoms with Crippen LogP contribution >= 0.6 is 0 Å². The topological polar surface area (TPSA) is 54.9 Å². The minimum absolute atomic E-state index is 0.0617. The lowest BCUT2D eigenvalue weighted by atomic mass is 10.2. The van der Waals surface area contributed by atoms with Gasteiger partial charge in [-0.2, -0.15) is 13.2 Å². The standard InChI is InChI=1S/C10H7F3N2O2/c11-10(12,13)6-1-2-8-7(5-6)14-9(17)15(8)3-4-16/h1-2,4-5H,3H2,(H,14,17). The van der Waals surface area contributed by atoms with Crippen LogP contribution in [0.5, 0.6) is 0 Å². The van der Waals surface area contributed by atoms with Crippen molar-refractivity contribution in [3.63, 3.8) is 0 Å². The molecule has 1 N–H and O–H groups in total. The Morgan fingerprint density at radius 1 is 1.35 bits per heavy atom. The van der Waals surface area contributed by atoms with Crippen LogP contribution in [-0.4, -0.2) is 15.8 Å². The van der Waals surface area contributed by atoms with Crippen LogP contribution in [0.2, 0.25) is 0 Å². The molecule has 90 valence electrons. The molecular weight excluding hydrogens is 237 g/mol. The number of rotatable bonds is 2. The molecule has 0 saturated heterocycles. The third-order valence-corrected chi connectivity index (χ3v) is 2.36. The molecule has 2 aromatic rings.